The maximum Gasteiger partial charge on any atom is 0.262 e. The maximum atomic E-state index is 12.6. The molecule has 1 amide bonds. The van der Waals surface area contributed by atoms with Crippen LogP contribution in [0.4, 0.5) is 5.69 Å². The van der Waals surface area contributed by atoms with Gasteiger partial charge < -0.3 is 24.1 Å². The summed E-state index contributed by atoms with van der Waals surface area (Å²) in [6.07, 6.45) is 2.66. The van der Waals surface area contributed by atoms with Crippen LogP contribution in [0.25, 0.3) is 0 Å². The number of benzene rings is 1. The Bertz CT molecular complexity index is 937. The minimum absolute atomic E-state index is 0.0933. The van der Waals surface area contributed by atoms with Gasteiger partial charge in [-0.3, -0.25) is 4.79 Å². The molecule has 28 heavy (non-hydrogen) atoms. The van der Waals surface area contributed by atoms with Gasteiger partial charge in [-0.1, -0.05) is 0 Å². The van der Waals surface area contributed by atoms with E-state index in [1.54, 1.807) is 18.2 Å². The molecular formula is C17H22N4O6S. The van der Waals surface area contributed by atoms with Crippen LogP contribution < -0.4 is 14.8 Å². The van der Waals surface area contributed by atoms with Gasteiger partial charge in [0.25, 0.3) is 10.0 Å². The fourth-order valence-corrected chi connectivity index (χ4v) is 4.08. The second kappa shape index (κ2) is 8.59. The molecule has 152 valence electrons. The molecule has 0 radical (unpaired) electrons. The number of hydrogen-bond donors (Lipinski definition) is 1. The molecule has 1 aromatic carbocycles. The average molecular weight is 410 g/mol. The van der Waals surface area contributed by atoms with Gasteiger partial charge in [0.2, 0.25) is 5.91 Å². The Morgan fingerprint density at radius 3 is 2.68 bits per heavy atom. The number of sulfonamides is 1. The van der Waals surface area contributed by atoms with Crippen LogP contribution in [-0.2, 0) is 26.1 Å². The van der Waals surface area contributed by atoms with Gasteiger partial charge >= 0.3 is 0 Å². The molecule has 0 bridgehead atoms. The van der Waals surface area contributed by atoms with E-state index in [0.29, 0.717) is 30.4 Å². The highest BCUT2D eigenvalue weighted by atomic mass is 32.2. The molecule has 3 rings (SSSR count). The van der Waals surface area contributed by atoms with Gasteiger partial charge in [0.05, 0.1) is 39.4 Å². The van der Waals surface area contributed by atoms with Gasteiger partial charge in [0.1, 0.15) is 18.0 Å². The van der Waals surface area contributed by atoms with Gasteiger partial charge in [0.15, 0.2) is 5.03 Å². The predicted molar refractivity (Wildman–Crippen MR) is 100.0 cm³/mol. The summed E-state index contributed by atoms with van der Waals surface area (Å²) in [6.45, 7) is 1.18. The molecule has 11 heteroatoms. The fourth-order valence-electron chi connectivity index (χ4n) is 2.74. The Hall–Kier alpha value is -2.63. The first-order valence-electron chi connectivity index (χ1n) is 8.55. The van der Waals surface area contributed by atoms with Crippen LogP contribution in [-0.4, -0.2) is 68.7 Å². The largest absolute Gasteiger partial charge is 0.497 e. The van der Waals surface area contributed by atoms with Gasteiger partial charge in [-0.15, -0.1) is 0 Å². The quantitative estimate of drug-likeness (QED) is 0.710. The second-order valence-electron chi connectivity index (χ2n) is 6.02. The fraction of sp³-hybridized carbons (Fsp3) is 0.412. The lowest BCUT2D eigenvalue weighted by molar-refractivity contribution is -0.116. The Morgan fingerprint density at radius 1 is 1.25 bits per heavy atom. The van der Waals surface area contributed by atoms with Crippen molar-refractivity contribution in [2.75, 3.05) is 45.8 Å². The van der Waals surface area contributed by atoms with E-state index in [9.17, 15) is 13.2 Å². The first-order valence-corrected chi connectivity index (χ1v) is 9.99. The maximum absolute atomic E-state index is 12.6. The predicted octanol–water partition coefficient (Wildman–Crippen LogP) is 0.560. The van der Waals surface area contributed by atoms with E-state index in [1.807, 2.05) is 0 Å². The standard InChI is InChI=1S/C17H22N4O6S/c1-25-13-3-4-14(15(9-13)26-2)19-16(22)10-20-11-17(18-12-20)28(23,24)21-5-7-27-8-6-21/h3-4,9,11-12H,5-8,10H2,1-2H3,(H,19,22). The molecule has 0 atom stereocenters. The zero-order chi connectivity index (χ0) is 20.1. The SMILES string of the molecule is COc1ccc(NC(=O)Cn2cnc(S(=O)(=O)N3CCOCC3)c2)c(OC)c1. The molecule has 0 unspecified atom stereocenters. The lowest BCUT2D eigenvalue weighted by atomic mass is 10.2. The monoisotopic (exact) mass is 410 g/mol. The highest BCUT2D eigenvalue weighted by Crippen LogP contribution is 2.29. The molecule has 1 saturated heterocycles. The molecule has 2 aromatic rings. The van der Waals surface area contributed by atoms with E-state index < -0.39 is 10.0 Å². The van der Waals surface area contributed by atoms with Gasteiger partial charge in [-0.25, -0.2) is 13.4 Å². The molecule has 1 fully saturated rings. The van der Waals surface area contributed by atoms with E-state index >= 15 is 0 Å². The van der Waals surface area contributed by atoms with Crippen molar-refractivity contribution in [3.05, 3.63) is 30.7 Å². The summed E-state index contributed by atoms with van der Waals surface area (Å²) in [5.41, 5.74) is 0.481. The zero-order valence-electron chi connectivity index (χ0n) is 15.6. The number of nitrogens with one attached hydrogen (secondary N) is 1. The van der Waals surface area contributed by atoms with Crippen molar-refractivity contribution in [3.8, 4) is 11.5 Å². The molecular weight excluding hydrogens is 388 g/mol. The number of hydrogen-bond acceptors (Lipinski definition) is 7. The van der Waals surface area contributed by atoms with Crippen LogP contribution >= 0.6 is 0 Å². The number of aromatic nitrogens is 2. The van der Waals surface area contributed by atoms with Crippen molar-refractivity contribution >= 4 is 21.6 Å². The van der Waals surface area contributed by atoms with Crippen molar-refractivity contribution in [2.45, 2.75) is 11.6 Å². The number of morpholine rings is 1. The first-order chi connectivity index (χ1) is 13.4. The number of amides is 1. The highest BCUT2D eigenvalue weighted by molar-refractivity contribution is 7.89. The van der Waals surface area contributed by atoms with E-state index in [-0.39, 0.29) is 30.6 Å². The smallest absolute Gasteiger partial charge is 0.262 e. The van der Waals surface area contributed by atoms with E-state index in [0.717, 1.165) is 0 Å². The topological polar surface area (TPSA) is 112 Å². The molecule has 1 aliphatic rings. The van der Waals surface area contributed by atoms with Gasteiger partial charge in [-0.05, 0) is 12.1 Å². The van der Waals surface area contributed by atoms with E-state index in [4.69, 9.17) is 14.2 Å². The van der Waals surface area contributed by atoms with Gasteiger partial charge in [-0.2, -0.15) is 4.31 Å². The summed E-state index contributed by atoms with van der Waals surface area (Å²) >= 11 is 0. The molecule has 0 aliphatic carbocycles. The summed E-state index contributed by atoms with van der Waals surface area (Å²) in [5, 5.41) is 2.63. The lowest BCUT2D eigenvalue weighted by Gasteiger charge is -2.24. The summed E-state index contributed by atoms with van der Waals surface area (Å²) in [4.78, 5) is 16.3. The average Bonchev–Trinajstić information content (AvgIpc) is 3.18. The number of rotatable bonds is 7. The van der Waals surface area contributed by atoms with Crippen LogP contribution in [0.15, 0.2) is 35.7 Å². The van der Waals surface area contributed by atoms with Crippen LogP contribution in [0.2, 0.25) is 0 Å². The molecule has 1 N–H and O–H groups in total. The van der Waals surface area contributed by atoms with E-state index in [2.05, 4.69) is 10.3 Å². The van der Waals surface area contributed by atoms with Crippen molar-refractivity contribution in [1.82, 2.24) is 13.9 Å². The van der Waals surface area contributed by atoms with Crippen LogP contribution in [0, 0.1) is 0 Å². The molecule has 0 saturated carbocycles. The lowest BCUT2D eigenvalue weighted by Crippen LogP contribution is -2.40. The summed E-state index contributed by atoms with van der Waals surface area (Å²) in [7, 11) is -0.673. The number of methoxy groups -OCH3 is 2. The van der Waals surface area contributed by atoms with Crippen molar-refractivity contribution < 1.29 is 27.4 Å². The van der Waals surface area contributed by atoms with Crippen molar-refractivity contribution in [1.29, 1.82) is 0 Å². The Morgan fingerprint density at radius 2 is 2.00 bits per heavy atom. The Kier molecular flexibility index (Phi) is 6.17. The molecule has 10 nitrogen and oxygen atoms in total. The summed E-state index contributed by atoms with van der Waals surface area (Å²) < 4.78 is 43.5. The number of ether oxygens (including phenoxy) is 3. The van der Waals surface area contributed by atoms with Crippen molar-refractivity contribution in [3.63, 3.8) is 0 Å². The number of anilines is 1. The third-order valence-electron chi connectivity index (χ3n) is 4.19. The molecule has 2 heterocycles. The van der Waals surface area contributed by atoms with E-state index in [1.165, 1.54) is 35.6 Å². The zero-order valence-corrected chi connectivity index (χ0v) is 16.4. The molecule has 0 spiro atoms. The normalized spacial score (nSPS) is 15.2. The number of imidazole rings is 1. The summed E-state index contributed by atoms with van der Waals surface area (Å²) in [6, 6.07) is 5.01. The molecule has 1 aromatic heterocycles. The van der Waals surface area contributed by atoms with Crippen LogP contribution in [0.3, 0.4) is 0 Å². The van der Waals surface area contributed by atoms with Gasteiger partial charge in [0, 0.05) is 25.4 Å². The van der Waals surface area contributed by atoms with Crippen LogP contribution in [0.1, 0.15) is 0 Å². The second-order valence-corrected chi connectivity index (χ2v) is 7.90. The van der Waals surface area contributed by atoms with Crippen LogP contribution in [0.5, 0.6) is 11.5 Å². The minimum Gasteiger partial charge on any atom is -0.497 e. The van der Waals surface area contributed by atoms with Crippen molar-refractivity contribution in [2.24, 2.45) is 0 Å². The third kappa shape index (κ3) is 4.43. The summed E-state index contributed by atoms with van der Waals surface area (Å²) in [5.74, 6) is 0.701. The Balaban J connectivity index is 1.67. The third-order valence-corrected chi connectivity index (χ3v) is 5.98. The Labute approximate surface area is 163 Å². The number of carbonyl (C=O) groups excluding carboxylic acids is 1. The highest BCUT2D eigenvalue weighted by Gasteiger charge is 2.28. The minimum atomic E-state index is -3.70. The number of carbonyl (C=O) groups is 1. The first kappa shape index (κ1) is 20.1. The number of nitrogens with zero attached hydrogens (tertiary/aromatic N) is 3. The molecule has 1 aliphatic heterocycles.